The van der Waals surface area contributed by atoms with E-state index >= 15 is 0 Å². The average Bonchev–Trinajstić information content (AvgIpc) is 2.93. The average molecular weight is 466 g/mol. The second kappa shape index (κ2) is 10.1. The first-order valence-corrected chi connectivity index (χ1v) is 12.4. The number of hydrogen-bond acceptors (Lipinski definition) is 3. The van der Waals surface area contributed by atoms with E-state index in [1.165, 1.54) is 54.2 Å². The van der Waals surface area contributed by atoms with Crippen molar-refractivity contribution in [1.82, 2.24) is 5.32 Å². The van der Waals surface area contributed by atoms with E-state index in [4.69, 9.17) is 9.98 Å². The molecule has 3 heteroatoms. The van der Waals surface area contributed by atoms with Gasteiger partial charge in [0, 0.05) is 30.1 Å². The van der Waals surface area contributed by atoms with E-state index in [1.807, 2.05) is 12.4 Å². The van der Waals surface area contributed by atoms with Crippen molar-refractivity contribution in [2.75, 3.05) is 19.8 Å². The predicted molar refractivity (Wildman–Crippen MR) is 156 cm³/mol. The molecule has 0 radical (unpaired) electrons. The van der Waals surface area contributed by atoms with Crippen LogP contribution >= 0.6 is 0 Å². The highest BCUT2D eigenvalue weighted by Crippen LogP contribution is 2.28. The lowest BCUT2D eigenvalue weighted by Crippen LogP contribution is -2.17. The fourth-order valence-electron chi connectivity index (χ4n) is 4.96. The second-order valence-electron chi connectivity index (χ2n) is 8.97. The summed E-state index contributed by atoms with van der Waals surface area (Å²) in [5.41, 5.74) is 2.36. The van der Waals surface area contributed by atoms with Crippen LogP contribution < -0.4 is 5.32 Å². The highest BCUT2D eigenvalue weighted by atomic mass is 15.0. The van der Waals surface area contributed by atoms with E-state index < -0.39 is 0 Å². The molecule has 3 nitrogen and oxygen atoms in total. The van der Waals surface area contributed by atoms with Crippen LogP contribution in [0.4, 0.5) is 0 Å². The van der Waals surface area contributed by atoms with Crippen molar-refractivity contribution in [1.29, 1.82) is 0 Å². The topological polar surface area (TPSA) is 36.8 Å². The Labute approximate surface area is 210 Å². The Hall–Kier alpha value is -4.34. The minimum atomic E-state index is 0.560. The van der Waals surface area contributed by atoms with Crippen LogP contribution in [0.2, 0.25) is 0 Å². The summed E-state index contributed by atoms with van der Waals surface area (Å²) in [6, 6.07) is 38.5. The summed E-state index contributed by atoms with van der Waals surface area (Å²) < 4.78 is 0. The molecule has 1 N–H and O–H groups in total. The number of nitrogens with zero attached hydrogens (tertiary/aromatic N) is 2. The summed E-state index contributed by atoms with van der Waals surface area (Å²) in [4.78, 5) is 9.43. The van der Waals surface area contributed by atoms with Crippen LogP contribution in [0.1, 0.15) is 11.1 Å². The molecule has 36 heavy (non-hydrogen) atoms. The van der Waals surface area contributed by atoms with E-state index in [9.17, 15) is 0 Å². The van der Waals surface area contributed by atoms with Crippen LogP contribution in [0.3, 0.4) is 0 Å². The van der Waals surface area contributed by atoms with Crippen molar-refractivity contribution in [2.45, 2.75) is 0 Å². The molecule has 6 aromatic rings. The van der Waals surface area contributed by atoms with Crippen LogP contribution in [0, 0.1) is 0 Å². The molecule has 0 aliphatic rings. The molecule has 0 heterocycles. The first kappa shape index (κ1) is 22.1. The summed E-state index contributed by atoms with van der Waals surface area (Å²) >= 11 is 0. The van der Waals surface area contributed by atoms with Gasteiger partial charge in [-0.25, -0.2) is 0 Å². The van der Waals surface area contributed by atoms with Gasteiger partial charge in [0.2, 0.25) is 0 Å². The first-order chi connectivity index (χ1) is 17.9. The Morgan fingerprint density at radius 3 is 1.33 bits per heavy atom. The zero-order valence-electron chi connectivity index (χ0n) is 20.1. The lowest BCUT2D eigenvalue weighted by molar-refractivity contribution is 0.713. The zero-order chi connectivity index (χ0) is 24.2. The van der Waals surface area contributed by atoms with Crippen LogP contribution in [-0.4, -0.2) is 32.2 Å². The summed E-state index contributed by atoms with van der Waals surface area (Å²) in [7, 11) is 0. The lowest BCUT2D eigenvalue weighted by Gasteiger charge is -2.08. The molecule has 6 aromatic carbocycles. The van der Waals surface area contributed by atoms with Gasteiger partial charge in [0.1, 0.15) is 0 Å². The SMILES string of the molecule is C(=NCCNC/N=C\c1c2ccccc2cc2ccccc12)c1c2ccccc2cc2ccccc12. The van der Waals surface area contributed by atoms with Crippen LogP contribution in [0.5, 0.6) is 0 Å². The number of rotatable bonds is 7. The molecular weight excluding hydrogens is 438 g/mol. The molecule has 0 unspecified atom stereocenters. The van der Waals surface area contributed by atoms with E-state index in [2.05, 4.69) is 115 Å². The molecule has 0 aromatic heterocycles. The third-order valence-corrected chi connectivity index (χ3v) is 6.69. The number of benzene rings is 6. The molecule has 0 bridgehead atoms. The third kappa shape index (κ3) is 4.37. The van der Waals surface area contributed by atoms with Crippen molar-refractivity contribution >= 4 is 55.5 Å². The molecule has 0 aliphatic carbocycles. The Balaban J connectivity index is 1.14. The normalized spacial score (nSPS) is 12.1. The highest BCUT2D eigenvalue weighted by Gasteiger charge is 2.06. The standard InChI is InChI=1S/C33H27N3/c1-5-13-28-24(9-1)19-25-10-2-6-14-29(25)32(28)21-34-17-18-35-23-36-22-33-30-15-7-3-11-26(30)20-27-12-4-8-16-31(27)33/h1-16,19-22,35H,17-18,23H2/b34-21?,36-22-. The largest absolute Gasteiger partial charge is 0.296 e. The van der Waals surface area contributed by atoms with E-state index in [0.717, 1.165) is 6.54 Å². The van der Waals surface area contributed by atoms with Crippen molar-refractivity contribution in [2.24, 2.45) is 9.98 Å². The summed E-state index contributed by atoms with van der Waals surface area (Å²) in [6.45, 7) is 2.03. The molecule has 174 valence electrons. The number of fused-ring (bicyclic) bond motifs is 4. The molecular formula is C33H27N3. The Bertz CT molecular complexity index is 1510. The summed E-state index contributed by atoms with van der Waals surface area (Å²) in [5, 5.41) is 13.3. The third-order valence-electron chi connectivity index (χ3n) is 6.69. The molecule has 0 saturated carbocycles. The molecule has 0 fully saturated rings. The van der Waals surface area contributed by atoms with Gasteiger partial charge in [0.05, 0.1) is 13.2 Å². The van der Waals surface area contributed by atoms with E-state index in [1.54, 1.807) is 0 Å². The van der Waals surface area contributed by atoms with Gasteiger partial charge < -0.3 is 0 Å². The van der Waals surface area contributed by atoms with Crippen LogP contribution in [0.25, 0.3) is 43.1 Å². The van der Waals surface area contributed by atoms with Crippen molar-refractivity contribution < 1.29 is 0 Å². The number of aliphatic imine (C=N–C) groups is 2. The van der Waals surface area contributed by atoms with E-state index in [-0.39, 0.29) is 0 Å². The molecule has 0 spiro atoms. The van der Waals surface area contributed by atoms with Gasteiger partial charge in [-0.05, 0) is 55.2 Å². The van der Waals surface area contributed by atoms with Gasteiger partial charge in [-0.2, -0.15) is 0 Å². The van der Waals surface area contributed by atoms with Gasteiger partial charge in [-0.1, -0.05) is 97.1 Å². The zero-order valence-corrected chi connectivity index (χ0v) is 20.1. The van der Waals surface area contributed by atoms with Crippen molar-refractivity contribution in [3.8, 4) is 0 Å². The minimum absolute atomic E-state index is 0.560. The Kier molecular flexibility index (Phi) is 6.22. The Morgan fingerprint density at radius 1 is 0.500 bits per heavy atom. The smallest absolute Gasteiger partial charge is 0.0885 e. The molecule has 0 saturated heterocycles. The maximum atomic E-state index is 4.74. The number of nitrogens with one attached hydrogen (secondary N) is 1. The fraction of sp³-hybridized carbons (Fsp3) is 0.0909. The highest BCUT2D eigenvalue weighted by molar-refractivity contribution is 6.14. The summed E-state index contributed by atoms with van der Waals surface area (Å²) in [5.74, 6) is 0. The molecule has 0 aliphatic heterocycles. The predicted octanol–water partition coefficient (Wildman–Crippen LogP) is 7.38. The molecule has 6 rings (SSSR count). The van der Waals surface area contributed by atoms with Gasteiger partial charge in [-0.15, -0.1) is 0 Å². The minimum Gasteiger partial charge on any atom is -0.296 e. The van der Waals surface area contributed by atoms with Crippen LogP contribution in [0.15, 0.2) is 119 Å². The summed E-state index contributed by atoms with van der Waals surface area (Å²) in [6.07, 6.45) is 4.03. The van der Waals surface area contributed by atoms with Crippen LogP contribution in [-0.2, 0) is 0 Å². The fourth-order valence-corrected chi connectivity index (χ4v) is 4.96. The lowest BCUT2D eigenvalue weighted by atomic mass is 9.97. The van der Waals surface area contributed by atoms with Crippen molar-refractivity contribution in [3.05, 3.63) is 120 Å². The van der Waals surface area contributed by atoms with Gasteiger partial charge >= 0.3 is 0 Å². The number of hydrogen-bond donors (Lipinski definition) is 1. The molecule has 0 amide bonds. The maximum absolute atomic E-state index is 4.74. The maximum Gasteiger partial charge on any atom is 0.0885 e. The van der Waals surface area contributed by atoms with Gasteiger partial charge in [-0.3, -0.25) is 15.3 Å². The second-order valence-corrected chi connectivity index (χ2v) is 8.97. The molecule has 0 atom stereocenters. The quantitative estimate of drug-likeness (QED) is 0.149. The van der Waals surface area contributed by atoms with Crippen molar-refractivity contribution in [3.63, 3.8) is 0 Å². The van der Waals surface area contributed by atoms with Gasteiger partial charge in [0.15, 0.2) is 0 Å². The Morgan fingerprint density at radius 2 is 0.889 bits per heavy atom. The first-order valence-electron chi connectivity index (χ1n) is 12.4. The monoisotopic (exact) mass is 465 g/mol. The van der Waals surface area contributed by atoms with Gasteiger partial charge in [0.25, 0.3) is 0 Å². The van der Waals surface area contributed by atoms with E-state index in [0.29, 0.717) is 13.2 Å².